The summed E-state index contributed by atoms with van der Waals surface area (Å²) >= 11 is 6.09. The summed E-state index contributed by atoms with van der Waals surface area (Å²) in [5.41, 5.74) is 2.11. The van der Waals surface area contributed by atoms with Crippen LogP contribution in [-0.2, 0) is 11.2 Å². The van der Waals surface area contributed by atoms with Crippen molar-refractivity contribution in [3.8, 4) is 5.75 Å². The number of rotatable bonds is 7. The first-order chi connectivity index (χ1) is 17.4. The number of ether oxygens (including phenoxy) is 2. The number of carbonyl (C=O) groups is 1. The summed E-state index contributed by atoms with van der Waals surface area (Å²) < 4.78 is 31.3. The molecule has 5 rings (SSSR count). The zero-order chi connectivity index (χ0) is 25.4. The third kappa shape index (κ3) is 4.94. The number of nitrogens with zero attached hydrogens (tertiary/aromatic N) is 2. The van der Waals surface area contributed by atoms with Crippen LogP contribution in [0.4, 0.5) is 4.39 Å². The molecule has 1 saturated heterocycles. The fourth-order valence-electron chi connectivity index (χ4n) is 5.20. The number of fused-ring (bicyclic) bond motifs is 1. The Morgan fingerprint density at radius 2 is 2.14 bits per heavy atom. The Balaban J connectivity index is 1.43. The number of hydrogen-bond donors (Lipinski definition) is 1. The van der Waals surface area contributed by atoms with Gasteiger partial charge in [0.2, 0.25) is 0 Å². The van der Waals surface area contributed by atoms with Crippen molar-refractivity contribution in [1.82, 2.24) is 9.88 Å². The van der Waals surface area contributed by atoms with Crippen LogP contribution in [0.1, 0.15) is 47.5 Å². The molecule has 3 atom stereocenters. The maximum absolute atomic E-state index is 13.9. The predicted octanol–water partition coefficient (Wildman–Crippen LogP) is 4.79. The molecule has 36 heavy (non-hydrogen) atoms. The monoisotopic (exact) mass is 516 g/mol. The van der Waals surface area contributed by atoms with E-state index in [4.69, 9.17) is 25.5 Å². The smallest absolute Gasteiger partial charge is 0.254 e. The fourth-order valence-corrected chi connectivity index (χ4v) is 5.39. The highest BCUT2D eigenvalue weighted by atomic mass is 35.5. The minimum atomic E-state index is -0.591. The Morgan fingerprint density at radius 3 is 2.83 bits per heavy atom. The molecular formula is C27H30ClFN2O5. The van der Waals surface area contributed by atoms with Crippen molar-refractivity contribution in [2.24, 2.45) is 5.92 Å². The quantitative estimate of drug-likeness (QED) is 0.486. The molecule has 1 aromatic heterocycles. The largest absolute Gasteiger partial charge is 0.493 e. The molecule has 3 aromatic rings. The number of aliphatic hydroxyl groups excluding tert-OH is 1. The fraction of sp³-hybridized carbons (Fsp3) is 0.481. The summed E-state index contributed by atoms with van der Waals surface area (Å²) in [5.74, 6) is 0.368. The molecule has 7 nitrogen and oxygen atoms in total. The van der Waals surface area contributed by atoms with Crippen molar-refractivity contribution < 1.29 is 28.2 Å². The van der Waals surface area contributed by atoms with Gasteiger partial charge in [-0.25, -0.2) is 4.98 Å². The number of carbonyl (C=O) groups excluding carboxylic acids is 1. The van der Waals surface area contributed by atoms with E-state index in [1.807, 2.05) is 17.9 Å². The van der Waals surface area contributed by atoms with Crippen molar-refractivity contribution in [3.05, 3.63) is 58.4 Å². The number of aliphatic hydroxyl groups is 1. The van der Waals surface area contributed by atoms with E-state index >= 15 is 0 Å². The predicted molar refractivity (Wildman–Crippen MR) is 133 cm³/mol. The molecule has 0 radical (unpaired) electrons. The summed E-state index contributed by atoms with van der Waals surface area (Å²) in [6.07, 6.45) is 1.19. The molecule has 2 aliphatic rings. The van der Waals surface area contributed by atoms with Gasteiger partial charge in [-0.1, -0.05) is 23.7 Å². The van der Waals surface area contributed by atoms with Crippen LogP contribution in [0.15, 0.2) is 40.8 Å². The van der Waals surface area contributed by atoms with Gasteiger partial charge >= 0.3 is 0 Å². The van der Waals surface area contributed by atoms with Crippen molar-refractivity contribution >= 4 is 28.6 Å². The van der Waals surface area contributed by atoms with Gasteiger partial charge in [0.1, 0.15) is 5.52 Å². The second kappa shape index (κ2) is 10.4. The Bertz CT molecular complexity index is 1240. The number of hydrogen-bond acceptors (Lipinski definition) is 6. The summed E-state index contributed by atoms with van der Waals surface area (Å²) in [4.78, 5) is 20.1. The lowest BCUT2D eigenvalue weighted by Crippen LogP contribution is -2.57. The zero-order valence-corrected chi connectivity index (χ0v) is 21.1. The van der Waals surface area contributed by atoms with Crippen molar-refractivity contribution in [2.75, 3.05) is 26.9 Å². The Morgan fingerprint density at radius 1 is 1.33 bits per heavy atom. The zero-order valence-electron chi connectivity index (χ0n) is 20.3. The minimum absolute atomic E-state index is 0.0800. The molecule has 1 N–H and O–H groups in total. The van der Waals surface area contributed by atoms with Gasteiger partial charge in [-0.3, -0.25) is 9.18 Å². The molecule has 192 valence electrons. The van der Waals surface area contributed by atoms with Crippen LogP contribution in [0.5, 0.6) is 5.75 Å². The van der Waals surface area contributed by atoms with Crippen LogP contribution in [0, 0.1) is 5.92 Å². The van der Waals surface area contributed by atoms with Crippen LogP contribution in [0.25, 0.3) is 11.1 Å². The molecule has 1 aliphatic heterocycles. The van der Waals surface area contributed by atoms with Gasteiger partial charge in [0.25, 0.3) is 5.91 Å². The van der Waals surface area contributed by atoms with Crippen LogP contribution in [0.2, 0.25) is 5.02 Å². The van der Waals surface area contributed by atoms with Crippen LogP contribution in [0.3, 0.4) is 0 Å². The molecule has 2 heterocycles. The van der Waals surface area contributed by atoms with Gasteiger partial charge in [-0.15, -0.1) is 0 Å². The van der Waals surface area contributed by atoms with Gasteiger partial charge in [-0.2, -0.15) is 0 Å². The highest BCUT2D eigenvalue weighted by Gasteiger charge is 2.42. The van der Waals surface area contributed by atoms with E-state index in [9.17, 15) is 14.3 Å². The highest BCUT2D eigenvalue weighted by molar-refractivity contribution is 6.30. The summed E-state index contributed by atoms with van der Waals surface area (Å²) in [7, 11) is 1.51. The van der Waals surface area contributed by atoms with E-state index in [0.29, 0.717) is 59.3 Å². The van der Waals surface area contributed by atoms with E-state index in [0.717, 1.165) is 5.56 Å². The third-order valence-electron chi connectivity index (χ3n) is 7.25. The van der Waals surface area contributed by atoms with Gasteiger partial charge in [0.05, 0.1) is 38.6 Å². The number of oxazole rings is 1. The molecule has 1 amide bonds. The molecule has 1 aliphatic carbocycles. The molecule has 3 unspecified atom stereocenters. The van der Waals surface area contributed by atoms with E-state index in [-0.39, 0.29) is 36.5 Å². The summed E-state index contributed by atoms with van der Waals surface area (Å²) in [6.45, 7) is 2.28. The summed E-state index contributed by atoms with van der Waals surface area (Å²) in [6, 6.07) is 10.4. The molecule has 1 saturated carbocycles. The van der Waals surface area contributed by atoms with Crippen LogP contribution >= 0.6 is 11.6 Å². The number of benzene rings is 2. The van der Waals surface area contributed by atoms with E-state index < -0.39 is 12.6 Å². The van der Waals surface area contributed by atoms with Gasteiger partial charge in [-0.05, 0) is 55.5 Å². The second-order valence-corrected chi connectivity index (χ2v) is 10.2. The third-order valence-corrected chi connectivity index (χ3v) is 7.49. The van der Waals surface area contributed by atoms with E-state index in [1.165, 1.54) is 7.11 Å². The average molecular weight is 517 g/mol. The SMILES string of the molecule is COc1cc(C(=O)N2CC(C)OCC2C2CC(O)C2)cc2nc(CC(CF)c3cccc(Cl)c3)oc12. The first-order valence-corrected chi connectivity index (χ1v) is 12.6. The second-order valence-electron chi connectivity index (χ2n) is 9.80. The van der Waals surface area contributed by atoms with E-state index in [1.54, 1.807) is 30.3 Å². The van der Waals surface area contributed by atoms with Crippen LogP contribution < -0.4 is 4.74 Å². The number of alkyl halides is 1. The Hall–Kier alpha value is -2.68. The van der Waals surface area contributed by atoms with Crippen molar-refractivity contribution in [1.29, 1.82) is 0 Å². The minimum Gasteiger partial charge on any atom is -0.493 e. The molecule has 9 heteroatoms. The Kier molecular flexibility index (Phi) is 7.19. The highest BCUT2D eigenvalue weighted by Crippen LogP contribution is 2.36. The first kappa shape index (κ1) is 25.0. The number of amides is 1. The lowest BCUT2D eigenvalue weighted by atomic mass is 9.76. The standard InChI is InChI=1S/C27H30ClFN2O5/c1-15-13-31(23(14-35-15)17-7-21(32)8-17)27(33)18-9-22-26(24(10-18)34-2)36-25(30-22)11-19(12-29)16-4-3-5-20(28)6-16/h3-6,9-10,15,17,19,21,23,32H,7-8,11-14H2,1-2H3. The molecule has 2 aromatic carbocycles. The maximum atomic E-state index is 13.9. The molecule has 2 fully saturated rings. The number of morpholine rings is 1. The molecule has 0 bridgehead atoms. The lowest BCUT2D eigenvalue weighted by Gasteiger charge is -2.47. The number of aromatic nitrogens is 1. The van der Waals surface area contributed by atoms with Gasteiger partial charge in [0.15, 0.2) is 17.2 Å². The van der Waals surface area contributed by atoms with Crippen molar-refractivity contribution in [2.45, 2.75) is 50.4 Å². The number of halogens is 2. The lowest BCUT2D eigenvalue weighted by molar-refractivity contribution is -0.0894. The number of methoxy groups -OCH3 is 1. The molecule has 0 spiro atoms. The van der Waals surface area contributed by atoms with Crippen LogP contribution in [-0.4, -0.2) is 66.1 Å². The van der Waals surface area contributed by atoms with Crippen molar-refractivity contribution in [3.63, 3.8) is 0 Å². The first-order valence-electron chi connectivity index (χ1n) is 12.3. The normalized spacial score (nSPS) is 25.0. The average Bonchev–Trinajstić information content (AvgIpc) is 3.27. The topological polar surface area (TPSA) is 85.0 Å². The Labute approximate surface area is 214 Å². The van der Waals surface area contributed by atoms with Gasteiger partial charge in [0, 0.05) is 29.5 Å². The maximum Gasteiger partial charge on any atom is 0.254 e. The molecular weight excluding hydrogens is 487 g/mol. The van der Waals surface area contributed by atoms with Gasteiger partial charge < -0.3 is 23.9 Å². The summed E-state index contributed by atoms with van der Waals surface area (Å²) in [5, 5.41) is 10.3. The van der Waals surface area contributed by atoms with E-state index in [2.05, 4.69) is 4.98 Å².